The summed E-state index contributed by atoms with van der Waals surface area (Å²) in [5.74, 6) is 1.14. The van der Waals surface area contributed by atoms with Gasteiger partial charge in [0.05, 0.1) is 6.61 Å². The molecule has 1 fully saturated rings. The van der Waals surface area contributed by atoms with Gasteiger partial charge < -0.3 is 19.9 Å². The summed E-state index contributed by atoms with van der Waals surface area (Å²) in [6, 6.07) is 14.9. The van der Waals surface area contributed by atoms with Crippen molar-refractivity contribution < 1.29 is 14.3 Å². The van der Waals surface area contributed by atoms with E-state index in [1.165, 1.54) is 0 Å². The number of hydrogen-bond acceptors (Lipinski definition) is 5. The van der Waals surface area contributed by atoms with E-state index in [9.17, 15) is 9.59 Å². The molecule has 0 bridgehead atoms. The molecular formula is C26H34N4O3S. The Morgan fingerprint density at radius 2 is 1.56 bits per heavy atom. The van der Waals surface area contributed by atoms with Gasteiger partial charge in [0, 0.05) is 49.0 Å². The third-order valence-electron chi connectivity index (χ3n) is 5.50. The highest BCUT2D eigenvalue weighted by molar-refractivity contribution is 7.80. The Morgan fingerprint density at radius 1 is 0.941 bits per heavy atom. The fraction of sp³-hybridized carbons (Fsp3) is 0.423. The van der Waals surface area contributed by atoms with Crippen molar-refractivity contribution in [2.24, 2.45) is 11.8 Å². The number of ether oxygens (including phenoxy) is 1. The molecule has 0 radical (unpaired) electrons. The molecule has 0 saturated carbocycles. The maximum atomic E-state index is 12.5. The molecule has 2 aromatic rings. The Labute approximate surface area is 207 Å². The van der Waals surface area contributed by atoms with Crippen LogP contribution in [0.2, 0.25) is 0 Å². The first-order chi connectivity index (χ1) is 16.2. The molecule has 1 aliphatic heterocycles. The number of thiocarbonyl (C=S) groups is 1. The van der Waals surface area contributed by atoms with Crippen LogP contribution in [-0.2, 0) is 4.79 Å². The van der Waals surface area contributed by atoms with Crippen molar-refractivity contribution in [3.8, 4) is 5.75 Å². The lowest BCUT2D eigenvalue weighted by molar-refractivity contribution is -0.134. The second kappa shape index (κ2) is 11.8. The molecule has 7 nitrogen and oxygen atoms in total. The summed E-state index contributed by atoms with van der Waals surface area (Å²) >= 11 is 5.31. The maximum absolute atomic E-state index is 12.5. The first-order valence-corrected chi connectivity index (χ1v) is 12.1. The van der Waals surface area contributed by atoms with Crippen LogP contribution in [0, 0.1) is 11.8 Å². The monoisotopic (exact) mass is 482 g/mol. The highest BCUT2D eigenvalue weighted by atomic mass is 32.1. The molecule has 0 atom stereocenters. The lowest BCUT2D eigenvalue weighted by Crippen LogP contribution is -2.49. The van der Waals surface area contributed by atoms with Gasteiger partial charge in [-0.15, -0.1) is 0 Å². The molecule has 34 heavy (non-hydrogen) atoms. The van der Waals surface area contributed by atoms with Gasteiger partial charge in [-0.05, 0) is 66.7 Å². The van der Waals surface area contributed by atoms with Gasteiger partial charge in [-0.1, -0.05) is 27.7 Å². The number of hydrogen-bond donors (Lipinski definition) is 2. The van der Waals surface area contributed by atoms with Crippen molar-refractivity contribution in [3.05, 3.63) is 54.1 Å². The minimum Gasteiger partial charge on any atom is -0.493 e. The predicted octanol–water partition coefficient (Wildman–Crippen LogP) is 4.15. The fourth-order valence-electron chi connectivity index (χ4n) is 3.61. The summed E-state index contributed by atoms with van der Waals surface area (Å²) in [4.78, 5) is 28.9. The van der Waals surface area contributed by atoms with Crippen molar-refractivity contribution in [1.82, 2.24) is 10.2 Å². The van der Waals surface area contributed by atoms with Gasteiger partial charge in [-0.2, -0.15) is 0 Å². The van der Waals surface area contributed by atoms with Gasteiger partial charge in [0.25, 0.3) is 5.91 Å². The first kappa shape index (κ1) is 25.5. The number of amides is 2. The number of carbonyl (C=O) groups excluding carboxylic acids is 2. The SMILES string of the molecule is CC(C)COc1ccc(C(=O)NC(=S)Nc2ccc(N3CCN(C(=O)C(C)C)CC3)cc2)cc1. The second-order valence-electron chi connectivity index (χ2n) is 9.15. The molecule has 1 aliphatic rings. The molecule has 8 heteroatoms. The van der Waals surface area contributed by atoms with Crippen LogP contribution in [0.25, 0.3) is 0 Å². The molecule has 0 aromatic heterocycles. The average molecular weight is 483 g/mol. The third-order valence-corrected chi connectivity index (χ3v) is 5.71. The molecule has 0 aliphatic carbocycles. The molecule has 1 saturated heterocycles. The van der Waals surface area contributed by atoms with E-state index in [4.69, 9.17) is 17.0 Å². The van der Waals surface area contributed by atoms with E-state index in [1.807, 2.05) is 43.0 Å². The number of piperazine rings is 1. The molecule has 1 heterocycles. The number of carbonyl (C=O) groups is 2. The van der Waals surface area contributed by atoms with E-state index in [2.05, 4.69) is 29.4 Å². The van der Waals surface area contributed by atoms with E-state index in [0.29, 0.717) is 18.1 Å². The number of nitrogens with zero attached hydrogens (tertiary/aromatic N) is 2. The molecular weight excluding hydrogens is 448 g/mol. The Balaban J connectivity index is 1.47. The Hall–Kier alpha value is -3.13. The zero-order valence-corrected chi connectivity index (χ0v) is 21.2. The average Bonchev–Trinajstić information content (AvgIpc) is 2.83. The lowest BCUT2D eigenvalue weighted by Gasteiger charge is -2.37. The number of rotatable bonds is 7. The van der Waals surface area contributed by atoms with Crippen LogP contribution >= 0.6 is 12.2 Å². The van der Waals surface area contributed by atoms with Gasteiger partial charge in [0.2, 0.25) is 5.91 Å². The van der Waals surface area contributed by atoms with Gasteiger partial charge in [-0.3, -0.25) is 14.9 Å². The van der Waals surface area contributed by atoms with Crippen molar-refractivity contribution in [2.75, 3.05) is 43.0 Å². The summed E-state index contributed by atoms with van der Waals surface area (Å²) < 4.78 is 5.65. The molecule has 2 aromatic carbocycles. The standard InChI is InChI=1S/C26H34N4O3S/c1-18(2)17-33-23-11-5-20(6-12-23)24(31)28-26(34)27-21-7-9-22(10-8-21)29-13-15-30(16-14-29)25(32)19(3)4/h5-12,18-19H,13-17H2,1-4H3,(H2,27,28,31,34). The Bertz CT molecular complexity index is 982. The zero-order valence-electron chi connectivity index (χ0n) is 20.3. The number of nitrogens with one attached hydrogen (secondary N) is 2. The Morgan fingerprint density at radius 3 is 2.12 bits per heavy atom. The lowest BCUT2D eigenvalue weighted by atomic mass is 10.1. The van der Waals surface area contributed by atoms with Gasteiger partial charge in [-0.25, -0.2) is 0 Å². The maximum Gasteiger partial charge on any atom is 0.257 e. The van der Waals surface area contributed by atoms with Crippen molar-refractivity contribution >= 4 is 40.5 Å². The summed E-state index contributed by atoms with van der Waals surface area (Å²) in [5, 5.41) is 6.00. The summed E-state index contributed by atoms with van der Waals surface area (Å²) in [7, 11) is 0. The van der Waals surface area contributed by atoms with Gasteiger partial charge in [0.15, 0.2) is 5.11 Å². The van der Waals surface area contributed by atoms with Crippen LogP contribution in [0.5, 0.6) is 5.75 Å². The van der Waals surface area contributed by atoms with Crippen molar-refractivity contribution in [2.45, 2.75) is 27.7 Å². The minimum atomic E-state index is -0.279. The summed E-state index contributed by atoms with van der Waals surface area (Å²) in [5.41, 5.74) is 2.39. The highest BCUT2D eigenvalue weighted by Gasteiger charge is 2.22. The summed E-state index contributed by atoms with van der Waals surface area (Å²) in [6.45, 7) is 11.8. The number of anilines is 2. The van der Waals surface area contributed by atoms with Crippen LogP contribution in [0.4, 0.5) is 11.4 Å². The van der Waals surface area contributed by atoms with Crippen LogP contribution in [0.15, 0.2) is 48.5 Å². The summed E-state index contributed by atoms with van der Waals surface area (Å²) in [6.07, 6.45) is 0. The molecule has 0 spiro atoms. The first-order valence-electron chi connectivity index (χ1n) is 11.7. The molecule has 182 valence electrons. The van der Waals surface area contributed by atoms with Gasteiger partial charge >= 0.3 is 0 Å². The van der Waals surface area contributed by atoms with E-state index in [-0.39, 0.29) is 22.8 Å². The smallest absolute Gasteiger partial charge is 0.257 e. The van der Waals surface area contributed by atoms with E-state index < -0.39 is 0 Å². The molecule has 3 rings (SSSR count). The normalized spacial score (nSPS) is 13.7. The third kappa shape index (κ3) is 7.18. The van der Waals surface area contributed by atoms with Gasteiger partial charge in [0.1, 0.15) is 5.75 Å². The fourth-order valence-corrected chi connectivity index (χ4v) is 3.82. The second-order valence-corrected chi connectivity index (χ2v) is 9.56. The van der Waals surface area contributed by atoms with Crippen LogP contribution in [0.1, 0.15) is 38.1 Å². The molecule has 2 amide bonds. The molecule has 2 N–H and O–H groups in total. The zero-order chi connectivity index (χ0) is 24.7. The Kier molecular flexibility index (Phi) is 8.87. The van der Waals surface area contributed by atoms with Crippen LogP contribution < -0.4 is 20.3 Å². The van der Waals surface area contributed by atoms with E-state index in [1.54, 1.807) is 24.3 Å². The van der Waals surface area contributed by atoms with E-state index >= 15 is 0 Å². The predicted molar refractivity (Wildman–Crippen MR) is 141 cm³/mol. The van der Waals surface area contributed by atoms with E-state index in [0.717, 1.165) is 43.3 Å². The van der Waals surface area contributed by atoms with Crippen LogP contribution in [0.3, 0.4) is 0 Å². The van der Waals surface area contributed by atoms with Crippen LogP contribution in [-0.4, -0.2) is 54.6 Å². The van der Waals surface area contributed by atoms with Crippen molar-refractivity contribution in [3.63, 3.8) is 0 Å². The quantitative estimate of drug-likeness (QED) is 0.578. The minimum absolute atomic E-state index is 0.0318. The van der Waals surface area contributed by atoms with Crippen molar-refractivity contribution in [1.29, 1.82) is 0 Å². The molecule has 0 unspecified atom stereocenters. The topological polar surface area (TPSA) is 73.9 Å². The largest absolute Gasteiger partial charge is 0.493 e. The number of benzene rings is 2. The highest BCUT2D eigenvalue weighted by Crippen LogP contribution is 2.20.